The Balaban J connectivity index is 1.55. The van der Waals surface area contributed by atoms with Crippen LogP contribution in [0.5, 0.6) is 5.75 Å². The summed E-state index contributed by atoms with van der Waals surface area (Å²) in [4.78, 5) is 29.9. The molecular weight excluding hydrogens is 427 g/mol. The highest BCUT2D eigenvalue weighted by Gasteiger charge is 2.33. The smallest absolute Gasteiger partial charge is 0.332 e. The van der Waals surface area contributed by atoms with E-state index in [1.165, 1.54) is 9.13 Å². The minimum absolute atomic E-state index is 0.0137. The Kier molecular flexibility index (Phi) is 6.51. The summed E-state index contributed by atoms with van der Waals surface area (Å²) in [5, 5.41) is 0. The van der Waals surface area contributed by atoms with Crippen LogP contribution in [0, 0.1) is 0 Å². The van der Waals surface area contributed by atoms with Crippen molar-refractivity contribution in [1.29, 1.82) is 0 Å². The van der Waals surface area contributed by atoms with Crippen molar-refractivity contribution in [1.82, 2.24) is 18.7 Å². The largest absolute Gasteiger partial charge is 0.490 e. The molecule has 0 bridgehead atoms. The van der Waals surface area contributed by atoms with E-state index in [0.717, 1.165) is 5.56 Å². The second-order valence-electron chi connectivity index (χ2n) is 8.23. The van der Waals surface area contributed by atoms with Crippen LogP contribution in [0.3, 0.4) is 0 Å². The molecule has 2 aromatic heterocycles. The fourth-order valence-corrected chi connectivity index (χ4v) is 4.03. The molecule has 8 nitrogen and oxygen atoms in total. The molecule has 0 aliphatic carbocycles. The fourth-order valence-electron chi connectivity index (χ4n) is 4.03. The number of hydrogen-bond acceptors (Lipinski definition) is 5. The van der Waals surface area contributed by atoms with Gasteiger partial charge >= 0.3 is 5.69 Å². The summed E-state index contributed by atoms with van der Waals surface area (Å²) in [5.74, 6) is 1.17. The Bertz CT molecular complexity index is 1280. The predicted octanol–water partition coefficient (Wildman–Crippen LogP) is 3.00. The van der Waals surface area contributed by atoms with Gasteiger partial charge in [-0.15, -0.1) is 0 Å². The van der Waals surface area contributed by atoms with Crippen molar-refractivity contribution in [3.63, 3.8) is 0 Å². The summed E-state index contributed by atoms with van der Waals surface area (Å²) in [6.45, 7) is 5.21. The van der Waals surface area contributed by atoms with Crippen molar-refractivity contribution in [2.75, 3.05) is 19.8 Å². The number of alkyl halides is 1. The first-order valence-electron chi connectivity index (χ1n) is 11.2. The molecule has 0 radical (unpaired) electrons. The lowest BCUT2D eigenvalue weighted by Crippen LogP contribution is -2.39. The standard InChI is InChI=1S/C24H29FN4O4/c1-4-28-21-20(22(30)29(5-2)23(28)31)27(3)19(26-21)11-8-17-6-9-18(10-7-17)33-16-24(25)12-14-32-15-13-24/h6-11H,4-5,12-16H2,1-3H3. The lowest BCUT2D eigenvalue weighted by Gasteiger charge is -2.29. The third-order valence-corrected chi connectivity index (χ3v) is 6.10. The molecule has 1 aliphatic rings. The van der Waals surface area contributed by atoms with E-state index in [-0.39, 0.29) is 17.9 Å². The maximum Gasteiger partial charge on any atom is 0.332 e. The number of rotatable bonds is 7. The van der Waals surface area contributed by atoms with Crippen molar-refractivity contribution in [2.45, 2.75) is 45.4 Å². The quantitative estimate of drug-likeness (QED) is 0.546. The first kappa shape index (κ1) is 23.0. The second-order valence-corrected chi connectivity index (χ2v) is 8.23. The first-order chi connectivity index (χ1) is 15.9. The zero-order valence-corrected chi connectivity index (χ0v) is 19.2. The number of benzene rings is 1. The van der Waals surface area contributed by atoms with Gasteiger partial charge in [-0.3, -0.25) is 13.9 Å². The van der Waals surface area contributed by atoms with Crippen molar-refractivity contribution in [3.8, 4) is 5.75 Å². The van der Waals surface area contributed by atoms with Gasteiger partial charge < -0.3 is 14.0 Å². The van der Waals surface area contributed by atoms with Crippen molar-refractivity contribution < 1.29 is 13.9 Å². The van der Waals surface area contributed by atoms with Crippen molar-refractivity contribution >= 4 is 23.3 Å². The molecule has 0 N–H and O–H groups in total. The van der Waals surface area contributed by atoms with Gasteiger partial charge in [-0.05, 0) is 37.6 Å². The molecule has 3 aromatic rings. The topological polar surface area (TPSA) is 80.3 Å². The Morgan fingerprint density at radius 1 is 1.09 bits per heavy atom. The molecule has 1 saturated heterocycles. The van der Waals surface area contributed by atoms with E-state index in [4.69, 9.17) is 9.47 Å². The Hall–Kier alpha value is -3.20. The van der Waals surface area contributed by atoms with Gasteiger partial charge in [-0.2, -0.15) is 0 Å². The lowest BCUT2D eigenvalue weighted by atomic mass is 9.98. The zero-order valence-electron chi connectivity index (χ0n) is 19.2. The van der Waals surface area contributed by atoms with Crippen LogP contribution in [-0.2, 0) is 24.9 Å². The number of ether oxygens (including phenoxy) is 2. The molecule has 0 spiro atoms. The summed E-state index contributed by atoms with van der Waals surface area (Å²) < 4.78 is 30.0. The van der Waals surface area contributed by atoms with Crippen LogP contribution in [0.25, 0.3) is 23.3 Å². The molecule has 3 heterocycles. The summed E-state index contributed by atoms with van der Waals surface area (Å²) >= 11 is 0. The molecule has 1 fully saturated rings. The molecule has 9 heteroatoms. The van der Waals surface area contributed by atoms with E-state index in [0.29, 0.717) is 61.9 Å². The van der Waals surface area contributed by atoms with E-state index in [1.54, 1.807) is 36.7 Å². The number of nitrogens with zero attached hydrogens (tertiary/aromatic N) is 4. The number of aryl methyl sites for hydroxylation is 2. The summed E-state index contributed by atoms with van der Waals surface area (Å²) in [6, 6.07) is 7.34. The molecule has 0 amide bonds. The third-order valence-electron chi connectivity index (χ3n) is 6.10. The van der Waals surface area contributed by atoms with E-state index in [1.807, 2.05) is 25.1 Å². The van der Waals surface area contributed by atoms with Crippen LogP contribution in [0.4, 0.5) is 4.39 Å². The minimum Gasteiger partial charge on any atom is -0.490 e. The number of fused-ring (bicyclic) bond motifs is 1. The van der Waals surface area contributed by atoms with Crippen LogP contribution >= 0.6 is 0 Å². The predicted molar refractivity (Wildman–Crippen MR) is 125 cm³/mol. The maximum atomic E-state index is 14.7. The summed E-state index contributed by atoms with van der Waals surface area (Å²) in [6.07, 6.45) is 4.36. The highest BCUT2D eigenvalue weighted by Crippen LogP contribution is 2.26. The summed E-state index contributed by atoms with van der Waals surface area (Å²) in [7, 11) is 1.76. The van der Waals surface area contributed by atoms with Crippen LogP contribution in [0.1, 0.15) is 38.1 Å². The van der Waals surface area contributed by atoms with Crippen LogP contribution in [0.15, 0.2) is 33.9 Å². The van der Waals surface area contributed by atoms with E-state index < -0.39 is 5.67 Å². The van der Waals surface area contributed by atoms with Gasteiger partial charge in [0, 0.05) is 46.2 Å². The zero-order chi connectivity index (χ0) is 23.6. The lowest BCUT2D eigenvalue weighted by molar-refractivity contribution is -0.0323. The van der Waals surface area contributed by atoms with Crippen molar-refractivity contribution in [2.24, 2.45) is 7.05 Å². The van der Waals surface area contributed by atoms with Gasteiger partial charge in [0.1, 0.15) is 23.8 Å². The molecule has 33 heavy (non-hydrogen) atoms. The van der Waals surface area contributed by atoms with Gasteiger partial charge in [0.25, 0.3) is 5.56 Å². The van der Waals surface area contributed by atoms with Crippen LogP contribution < -0.4 is 16.0 Å². The third kappa shape index (κ3) is 4.50. The number of hydrogen-bond donors (Lipinski definition) is 0. The van der Waals surface area contributed by atoms with Crippen molar-refractivity contribution in [3.05, 3.63) is 56.5 Å². The first-order valence-corrected chi connectivity index (χ1v) is 11.2. The molecule has 0 atom stereocenters. The van der Waals surface area contributed by atoms with Gasteiger partial charge in [0.05, 0.1) is 0 Å². The molecular formula is C24H29FN4O4. The number of aromatic nitrogens is 4. The fraction of sp³-hybridized carbons (Fsp3) is 0.458. The highest BCUT2D eigenvalue weighted by atomic mass is 19.1. The van der Waals surface area contributed by atoms with Gasteiger partial charge in [-0.25, -0.2) is 14.2 Å². The Morgan fingerprint density at radius 2 is 1.76 bits per heavy atom. The molecule has 1 aliphatic heterocycles. The second kappa shape index (κ2) is 9.35. The van der Waals surface area contributed by atoms with E-state index in [2.05, 4.69) is 4.98 Å². The van der Waals surface area contributed by atoms with Gasteiger partial charge in [-0.1, -0.05) is 18.2 Å². The average molecular weight is 457 g/mol. The Morgan fingerprint density at radius 3 is 2.39 bits per heavy atom. The van der Waals surface area contributed by atoms with Crippen LogP contribution in [-0.4, -0.2) is 44.2 Å². The SMILES string of the molecule is CCn1c(=O)c2c(nc(C=Cc3ccc(OCC4(F)CCOCC4)cc3)n2C)n(CC)c1=O. The maximum absolute atomic E-state index is 14.7. The monoisotopic (exact) mass is 456 g/mol. The number of halogens is 1. The average Bonchev–Trinajstić information content (AvgIpc) is 3.14. The van der Waals surface area contributed by atoms with E-state index in [9.17, 15) is 14.0 Å². The normalized spacial score (nSPS) is 16.0. The minimum atomic E-state index is -1.34. The molecule has 0 unspecified atom stereocenters. The highest BCUT2D eigenvalue weighted by molar-refractivity contribution is 5.76. The summed E-state index contributed by atoms with van der Waals surface area (Å²) in [5.41, 5.74) is -0.348. The number of imidazole rings is 1. The van der Waals surface area contributed by atoms with Crippen LogP contribution in [0.2, 0.25) is 0 Å². The van der Waals surface area contributed by atoms with Gasteiger partial charge in [0.2, 0.25) is 0 Å². The molecule has 4 rings (SSSR count). The Labute approximate surface area is 190 Å². The van der Waals surface area contributed by atoms with Gasteiger partial charge in [0.15, 0.2) is 11.2 Å². The molecule has 0 saturated carbocycles. The van der Waals surface area contributed by atoms with E-state index >= 15 is 0 Å². The molecule has 1 aromatic carbocycles. The molecule has 176 valence electrons.